The van der Waals surface area contributed by atoms with Crippen LogP contribution in [-0.2, 0) is 16.8 Å². The molecule has 22 heavy (non-hydrogen) atoms. The molecule has 0 aliphatic carbocycles. The van der Waals surface area contributed by atoms with Crippen molar-refractivity contribution in [2.24, 2.45) is 0 Å². The maximum atomic E-state index is 12.0. The normalized spacial score (nSPS) is 12.3. The highest BCUT2D eigenvalue weighted by Gasteiger charge is 2.15. The highest BCUT2D eigenvalue weighted by molar-refractivity contribution is 7.87. The minimum absolute atomic E-state index is 0.422. The Hall–Kier alpha value is -1.44. The number of benzene rings is 1. The van der Waals surface area contributed by atoms with Crippen LogP contribution in [0.4, 0.5) is 0 Å². The third-order valence-electron chi connectivity index (χ3n) is 3.62. The Balaban J connectivity index is 1.81. The second kappa shape index (κ2) is 7.71. The fourth-order valence-corrected chi connectivity index (χ4v) is 3.24. The molecule has 0 radical (unpaired) electrons. The van der Waals surface area contributed by atoms with E-state index in [1.165, 1.54) is 4.31 Å². The number of nitrogens with zero attached hydrogens (tertiary/aromatic N) is 3. The zero-order valence-electron chi connectivity index (χ0n) is 13.2. The van der Waals surface area contributed by atoms with Gasteiger partial charge >= 0.3 is 0 Å². The van der Waals surface area contributed by atoms with Crippen LogP contribution >= 0.6 is 0 Å². The summed E-state index contributed by atoms with van der Waals surface area (Å²) in [5.74, 6) is 0. The van der Waals surface area contributed by atoms with E-state index in [1.807, 2.05) is 35.8 Å². The van der Waals surface area contributed by atoms with Crippen molar-refractivity contribution in [3.05, 3.63) is 30.6 Å². The van der Waals surface area contributed by atoms with E-state index in [1.54, 1.807) is 13.4 Å². The van der Waals surface area contributed by atoms with E-state index in [-0.39, 0.29) is 0 Å². The zero-order valence-corrected chi connectivity index (χ0v) is 14.0. The number of nitrogens with one attached hydrogen (secondary N) is 1. The summed E-state index contributed by atoms with van der Waals surface area (Å²) in [5.41, 5.74) is 2.04. The van der Waals surface area contributed by atoms with Gasteiger partial charge in [-0.15, -0.1) is 0 Å². The molecule has 0 atom stereocenters. The predicted molar refractivity (Wildman–Crippen MR) is 88.8 cm³/mol. The molecule has 0 saturated heterocycles. The fraction of sp³-hybridized carbons (Fsp3) is 0.533. The van der Waals surface area contributed by atoms with Gasteiger partial charge in [0.15, 0.2) is 0 Å². The molecule has 0 unspecified atom stereocenters. The SMILES string of the molecule is CCCCN(C)S(=O)(=O)NCCCn1cnc2ccccc21. The van der Waals surface area contributed by atoms with E-state index in [2.05, 4.69) is 9.71 Å². The average molecular weight is 324 g/mol. The maximum absolute atomic E-state index is 12.0. The third kappa shape index (κ3) is 4.28. The van der Waals surface area contributed by atoms with Gasteiger partial charge in [-0.1, -0.05) is 25.5 Å². The summed E-state index contributed by atoms with van der Waals surface area (Å²) in [6, 6.07) is 7.92. The number of hydrogen-bond acceptors (Lipinski definition) is 3. The molecular weight excluding hydrogens is 300 g/mol. The van der Waals surface area contributed by atoms with Crippen LogP contribution < -0.4 is 4.72 Å². The largest absolute Gasteiger partial charge is 0.331 e. The van der Waals surface area contributed by atoms with Crippen molar-refractivity contribution in [3.63, 3.8) is 0 Å². The molecule has 1 heterocycles. The number of aryl methyl sites for hydroxylation is 1. The Morgan fingerprint density at radius 2 is 2.05 bits per heavy atom. The third-order valence-corrected chi connectivity index (χ3v) is 5.20. The zero-order chi connectivity index (χ0) is 16.0. The van der Waals surface area contributed by atoms with Crippen LogP contribution in [0, 0.1) is 0 Å². The van der Waals surface area contributed by atoms with Gasteiger partial charge in [0.2, 0.25) is 0 Å². The lowest BCUT2D eigenvalue weighted by molar-refractivity contribution is 0.447. The smallest absolute Gasteiger partial charge is 0.279 e. The van der Waals surface area contributed by atoms with Gasteiger partial charge in [0.05, 0.1) is 17.4 Å². The average Bonchev–Trinajstić information content (AvgIpc) is 2.92. The number of fused-ring (bicyclic) bond motifs is 1. The summed E-state index contributed by atoms with van der Waals surface area (Å²) < 4.78 is 30.1. The molecule has 0 saturated carbocycles. The van der Waals surface area contributed by atoms with E-state index in [0.29, 0.717) is 13.1 Å². The van der Waals surface area contributed by atoms with Crippen LogP contribution in [0.25, 0.3) is 11.0 Å². The van der Waals surface area contributed by atoms with Crippen molar-refractivity contribution in [2.75, 3.05) is 20.1 Å². The first-order valence-corrected chi connectivity index (χ1v) is 9.09. The summed E-state index contributed by atoms with van der Waals surface area (Å²) in [7, 11) is -1.75. The number of rotatable bonds is 9. The molecule has 6 nitrogen and oxygen atoms in total. The molecule has 0 fully saturated rings. The number of imidazole rings is 1. The van der Waals surface area contributed by atoms with Crippen molar-refractivity contribution < 1.29 is 8.42 Å². The van der Waals surface area contributed by atoms with Crippen LogP contribution in [-0.4, -0.2) is 42.4 Å². The van der Waals surface area contributed by atoms with Gasteiger partial charge in [-0.05, 0) is 25.0 Å². The van der Waals surface area contributed by atoms with Crippen molar-refractivity contribution >= 4 is 21.2 Å². The van der Waals surface area contributed by atoms with Crippen LogP contribution in [0.1, 0.15) is 26.2 Å². The summed E-state index contributed by atoms with van der Waals surface area (Å²) >= 11 is 0. The minimum atomic E-state index is -3.36. The molecule has 2 aromatic rings. The van der Waals surface area contributed by atoms with Crippen LogP contribution in [0.15, 0.2) is 30.6 Å². The molecule has 2 rings (SSSR count). The van der Waals surface area contributed by atoms with E-state index in [4.69, 9.17) is 0 Å². The van der Waals surface area contributed by atoms with Crippen molar-refractivity contribution in [1.29, 1.82) is 0 Å². The van der Waals surface area contributed by atoms with E-state index < -0.39 is 10.2 Å². The highest BCUT2D eigenvalue weighted by Crippen LogP contribution is 2.11. The Morgan fingerprint density at radius 3 is 2.82 bits per heavy atom. The molecule has 0 aliphatic rings. The van der Waals surface area contributed by atoms with Crippen molar-refractivity contribution in [2.45, 2.75) is 32.7 Å². The van der Waals surface area contributed by atoms with E-state index in [9.17, 15) is 8.42 Å². The van der Waals surface area contributed by atoms with Crippen LogP contribution in [0.2, 0.25) is 0 Å². The quantitative estimate of drug-likeness (QED) is 0.717. The number of aromatic nitrogens is 2. The Bertz CT molecular complexity index is 696. The molecule has 122 valence electrons. The molecule has 7 heteroatoms. The van der Waals surface area contributed by atoms with Gasteiger partial charge in [-0.25, -0.2) is 9.71 Å². The van der Waals surface area contributed by atoms with Crippen molar-refractivity contribution in [3.8, 4) is 0 Å². The molecule has 1 aromatic heterocycles. The Labute approximate surface area is 132 Å². The monoisotopic (exact) mass is 324 g/mol. The summed E-state index contributed by atoms with van der Waals surface area (Å²) in [6.07, 6.45) is 4.37. The standard InChI is InChI=1S/C15H24N4O2S/c1-3-4-11-18(2)22(20,21)17-10-7-12-19-13-16-14-8-5-6-9-15(14)19/h5-6,8-9,13,17H,3-4,7,10-12H2,1-2H3. The second-order valence-electron chi connectivity index (χ2n) is 5.35. The van der Waals surface area contributed by atoms with Gasteiger partial charge < -0.3 is 4.57 Å². The van der Waals surface area contributed by atoms with Crippen LogP contribution in [0.3, 0.4) is 0 Å². The lowest BCUT2D eigenvalue weighted by Gasteiger charge is -2.17. The molecular formula is C15H24N4O2S. The van der Waals surface area contributed by atoms with Gasteiger partial charge in [0, 0.05) is 26.7 Å². The molecule has 0 bridgehead atoms. The summed E-state index contributed by atoms with van der Waals surface area (Å²) in [6.45, 7) is 3.76. The number of para-hydroxylation sites is 2. The first kappa shape index (κ1) is 16.9. The number of unbranched alkanes of at least 4 members (excludes halogenated alkanes) is 1. The molecule has 0 aliphatic heterocycles. The first-order chi connectivity index (χ1) is 10.5. The highest BCUT2D eigenvalue weighted by atomic mass is 32.2. The first-order valence-electron chi connectivity index (χ1n) is 7.65. The lowest BCUT2D eigenvalue weighted by atomic mass is 10.3. The lowest BCUT2D eigenvalue weighted by Crippen LogP contribution is -2.39. The van der Waals surface area contributed by atoms with Gasteiger partial charge in [-0.3, -0.25) is 0 Å². The minimum Gasteiger partial charge on any atom is -0.331 e. The molecule has 0 amide bonds. The maximum Gasteiger partial charge on any atom is 0.279 e. The Kier molecular flexibility index (Phi) is 5.93. The van der Waals surface area contributed by atoms with Gasteiger partial charge in [0.1, 0.15) is 0 Å². The summed E-state index contributed by atoms with van der Waals surface area (Å²) in [5, 5.41) is 0. The summed E-state index contributed by atoms with van der Waals surface area (Å²) in [4.78, 5) is 4.32. The number of hydrogen-bond donors (Lipinski definition) is 1. The van der Waals surface area contributed by atoms with Gasteiger partial charge in [-0.2, -0.15) is 12.7 Å². The van der Waals surface area contributed by atoms with E-state index >= 15 is 0 Å². The Morgan fingerprint density at radius 1 is 1.27 bits per heavy atom. The fourth-order valence-electron chi connectivity index (χ4n) is 2.25. The molecule has 0 spiro atoms. The van der Waals surface area contributed by atoms with Crippen molar-refractivity contribution in [1.82, 2.24) is 18.6 Å². The van der Waals surface area contributed by atoms with Gasteiger partial charge in [0.25, 0.3) is 10.2 Å². The molecule has 1 N–H and O–H groups in total. The van der Waals surface area contributed by atoms with Crippen LogP contribution in [0.5, 0.6) is 0 Å². The molecule has 1 aromatic carbocycles. The second-order valence-corrected chi connectivity index (χ2v) is 7.22. The topological polar surface area (TPSA) is 67.2 Å². The predicted octanol–water partition coefficient (Wildman–Crippen LogP) is 1.99. The van der Waals surface area contributed by atoms with E-state index in [0.717, 1.165) is 36.8 Å².